The van der Waals surface area contributed by atoms with Crippen LogP contribution in [-0.2, 0) is 4.74 Å². The summed E-state index contributed by atoms with van der Waals surface area (Å²) in [6.45, 7) is 8.13. The van der Waals surface area contributed by atoms with Gasteiger partial charge in [0.15, 0.2) is 0 Å². The number of unbranched alkanes of at least 4 members (excludes halogenated alkanes) is 1. The Labute approximate surface area is 101 Å². The fourth-order valence-electron chi connectivity index (χ4n) is 1.76. The minimum Gasteiger partial charge on any atom is -0.389 e. The molecule has 0 heterocycles. The second-order valence-corrected chi connectivity index (χ2v) is 4.35. The molecule has 0 aromatic carbocycles. The van der Waals surface area contributed by atoms with Gasteiger partial charge in [0.25, 0.3) is 0 Å². The average molecular weight is 231 g/mol. The van der Waals surface area contributed by atoms with Gasteiger partial charge in [0, 0.05) is 19.2 Å². The molecule has 0 saturated carbocycles. The van der Waals surface area contributed by atoms with E-state index in [0.717, 1.165) is 0 Å². The molecule has 98 valence electrons. The number of nitrogens with one attached hydrogen (secondary N) is 1. The largest absolute Gasteiger partial charge is 0.389 e. The Morgan fingerprint density at radius 1 is 1.12 bits per heavy atom. The summed E-state index contributed by atoms with van der Waals surface area (Å²) in [4.78, 5) is 0. The van der Waals surface area contributed by atoms with Crippen LogP contribution in [0, 0.1) is 0 Å². The van der Waals surface area contributed by atoms with Crippen LogP contribution in [0.5, 0.6) is 0 Å². The fraction of sp³-hybridized carbons (Fsp3) is 1.00. The molecule has 0 bridgehead atoms. The third-order valence-electron chi connectivity index (χ3n) is 2.70. The lowest BCUT2D eigenvalue weighted by atomic mass is 10.1. The SMILES string of the molecule is CCCCC(CCC)NCC(O)COCC. The van der Waals surface area contributed by atoms with E-state index in [-0.39, 0.29) is 6.10 Å². The summed E-state index contributed by atoms with van der Waals surface area (Å²) >= 11 is 0. The molecular formula is C13H29NO2. The highest BCUT2D eigenvalue weighted by atomic mass is 16.5. The summed E-state index contributed by atoms with van der Waals surface area (Å²) in [6.07, 6.45) is 5.74. The summed E-state index contributed by atoms with van der Waals surface area (Å²) in [5, 5.41) is 13.1. The van der Waals surface area contributed by atoms with Crippen molar-refractivity contribution in [3.8, 4) is 0 Å². The van der Waals surface area contributed by atoms with Gasteiger partial charge in [0.05, 0.1) is 12.7 Å². The molecule has 0 saturated heterocycles. The number of ether oxygens (including phenoxy) is 1. The minimum atomic E-state index is -0.374. The Hall–Kier alpha value is -0.120. The second kappa shape index (κ2) is 11.4. The van der Waals surface area contributed by atoms with E-state index in [1.807, 2.05) is 6.92 Å². The molecule has 0 aromatic heterocycles. The van der Waals surface area contributed by atoms with Gasteiger partial charge in [-0.05, 0) is 19.8 Å². The summed E-state index contributed by atoms with van der Waals surface area (Å²) in [7, 11) is 0. The molecule has 0 aromatic rings. The molecule has 0 spiro atoms. The van der Waals surface area contributed by atoms with Crippen LogP contribution in [0.4, 0.5) is 0 Å². The number of rotatable bonds is 11. The molecule has 0 aliphatic heterocycles. The molecular weight excluding hydrogens is 202 g/mol. The van der Waals surface area contributed by atoms with Gasteiger partial charge in [-0.1, -0.05) is 33.1 Å². The van der Waals surface area contributed by atoms with Gasteiger partial charge in [-0.2, -0.15) is 0 Å². The molecule has 3 heteroatoms. The van der Waals surface area contributed by atoms with Gasteiger partial charge in [-0.25, -0.2) is 0 Å². The normalized spacial score (nSPS) is 15.0. The van der Waals surface area contributed by atoms with Crippen LogP contribution in [0.15, 0.2) is 0 Å². The molecule has 0 amide bonds. The van der Waals surface area contributed by atoms with E-state index in [1.165, 1.54) is 32.1 Å². The third kappa shape index (κ3) is 9.13. The topological polar surface area (TPSA) is 41.5 Å². The second-order valence-electron chi connectivity index (χ2n) is 4.35. The maximum absolute atomic E-state index is 9.64. The van der Waals surface area contributed by atoms with Crippen molar-refractivity contribution >= 4 is 0 Å². The predicted molar refractivity (Wildman–Crippen MR) is 68.7 cm³/mol. The maximum Gasteiger partial charge on any atom is 0.0897 e. The van der Waals surface area contributed by atoms with Crippen LogP contribution in [0.2, 0.25) is 0 Å². The van der Waals surface area contributed by atoms with Crippen LogP contribution in [-0.4, -0.2) is 37.0 Å². The lowest BCUT2D eigenvalue weighted by molar-refractivity contribution is 0.0410. The minimum absolute atomic E-state index is 0.374. The van der Waals surface area contributed by atoms with Crippen LogP contribution in [0.3, 0.4) is 0 Å². The van der Waals surface area contributed by atoms with Gasteiger partial charge < -0.3 is 15.2 Å². The summed E-state index contributed by atoms with van der Waals surface area (Å²) < 4.78 is 5.18. The van der Waals surface area contributed by atoms with Gasteiger partial charge in [-0.3, -0.25) is 0 Å². The molecule has 0 fully saturated rings. The highest BCUT2D eigenvalue weighted by molar-refractivity contribution is 4.69. The third-order valence-corrected chi connectivity index (χ3v) is 2.70. The Bertz CT molecular complexity index is 142. The number of aliphatic hydroxyl groups excluding tert-OH is 1. The molecule has 3 nitrogen and oxygen atoms in total. The Balaban J connectivity index is 3.63. The van der Waals surface area contributed by atoms with Crippen molar-refractivity contribution in [2.75, 3.05) is 19.8 Å². The van der Waals surface area contributed by atoms with Crippen molar-refractivity contribution in [2.24, 2.45) is 0 Å². The van der Waals surface area contributed by atoms with Gasteiger partial charge in [0.2, 0.25) is 0 Å². The maximum atomic E-state index is 9.64. The van der Waals surface area contributed by atoms with Crippen molar-refractivity contribution in [1.82, 2.24) is 5.32 Å². The quantitative estimate of drug-likeness (QED) is 0.573. The highest BCUT2D eigenvalue weighted by Crippen LogP contribution is 2.06. The first-order valence-corrected chi connectivity index (χ1v) is 6.73. The van der Waals surface area contributed by atoms with E-state index >= 15 is 0 Å². The van der Waals surface area contributed by atoms with Crippen molar-refractivity contribution in [1.29, 1.82) is 0 Å². The molecule has 2 atom stereocenters. The molecule has 2 N–H and O–H groups in total. The number of hydrogen-bond acceptors (Lipinski definition) is 3. The van der Waals surface area contributed by atoms with Gasteiger partial charge >= 0.3 is 0 Å². The zero-order valence-electron chi connectivity index (χ0n) is 11.2. The van der Waals surface area contributed by atoms with Crippen LogP contribution in [0.25, 0.3) is 0 Å². The highest BCUT2D eigenvalue weighted by Gasteiger charge is 2.09. The molecule has 16 heavy (non-hydrogen) atoms. The summed E-state index contributed by atoms with van der Waals surface area (Å²) in [5.41, 5.74) is 0. The number of hydrogen-bond donors (Lipinski definition) is 2. The summed E-state index contributed by atoms with van der Waals surface area (Å²) in [6, 6.07) is 0.557. The van der Waals surface area contributed by atoms with E-state index in [1.54, 1.807) is 0 Å². The van der Waals surface area contributed by atoms with Crippen LogP contribution >= 0.6 is 0 Å². The van der Waals surface area contributed by atoms with E-state index in [0.29, 0.717) is 25.8 Å². The van der Waals surface area contributed by atoms with E-state index < -0.39 is 0 Å². The Morgan fingerprint density at radius 2 is 1.88 bits per heavy atom. The van der Waals surface area contributed by atoms with Crippen molar-refractivity contribution in [2.45, 2.75) is 65.0 Å². The van der Waals surface area contributed by atoms with E-state index in [2.05, 4.69) is 19.2 Å². The first-order valence-electron chi connectivity index (χ1n) is 6.73. The molecule has 0 rings (SSSR count). The van der Waals surface area contributed by atoms with Crippen LogP contribution < -0.4 is 5.32 Å². The molecule has 0 aliphatic rings. The Morgan fingerprint density at radius 3 is 2.44 bits per heavy atom. The zero-order valence-corrected chi connectivity index (χ0v) is 11.2. The Kier molecular flexibility index (Phi) is 11.3. The molecule has 0 aliphatic carbocycles. The lowest BCUT2D eigenvalue weighted by Crippen LogP contribution is -2.37. The summed E-state index contributed by atoms with van der Waals surface area (Å²) in [5.74, 6) is 0. The zero-order chi connectivity index (χ0) is 12.2. The van der Waals surface area contributed by atoms with Gasteiger partial charge in [0.1, 0.15) is 0 Å². The molecule has 0 radical (unpaired) electrons. The smallest absolute Gasteiger partial charge is 0.0897 e. The van der Waals surface area contributed by atoms with Crippen molar-refractivity contribution < 1.29 is 9.84 Å². The van der Waals surface area contributed by atoms with E-state index in [4.69, 9.17) is 4.74 Å². The standard InChI is InChI=1S/C13H29NO2/c1-4-7-9-12(8-5-2)14-10-13(15)11-16-6-3/h12-15H,4-11H2,1-3H3. The first-order chi connectivity index (χ1) is 7.74. The average Bonchev–Trinajstić information content (AvgIpc) is 2.30. The predicted octanol–water partition coefficient (Wildman–Crippen LogP) is 2.33. The lowest BCUT2D eigenvalue weighted by Gasteiger charge is -2.20. The van der Waals surface area contributed by atoms with E-state index in [9.17, 15) is 5.11 Å². The number of aliphatic hydroxyl groups is 1. The van der Waals surface area contributed by atoms with Gasteiger partial charge in [-0.15, -0.1) is 0 Å². The van der Waals surface area contributed by atoms with Crippen molar-refractivity contribution in [3.63, 3.8) is 0 Å². The monoisotopic (exact) mass is 231 g/mol. The first kappa shape index (κ1) is 15.9. The fourth-order valence-corrected chi connectivity index (χ4v) is 1.76. The van der Waals surface area contributed by atoms with Crippen LogP contribution in [0.1, 0.15) is 52.9 Å². The molecule has 2 unspecified atom stereocenters. The van der Waals surface area contributed by atoms with Crippen molar-refractivity contribution in [3.05, 3.63) is 0 Å².